The average Bonchev–Trinajstić information content (AvgIpc) is 2.60. The number of benzene rings is 2. The van der Waals surface area contributed by atoms with E-state index in [1.165, 1.54) is 12.1 Å². The van der Waals surface area contributed by atoms with Crippen LogP contribution < -0.4 is 10.4 Å². The number of fused-ring (bicyclic) bond motifs is 1. The number of rotatable bonds is 4. The van der Waals surface area contributed by atoms with Gasteiger partial charge in [-0.15, -0.1) is 0 Å². The lowest BCUT2D eigenvalue weighted by Gasteiger charge is -2.10. The first kappa shape index (κ1) is 21.9. The molecule has 6 nitrogen and oxygen atoms in total. The average molecular weight is 372 g/mol. The second kappa shape index (κ2) is 10.1. The fourth-order valence-electron chi connectivity index (χ4n) is 2.48. The van der Waals surface area contributed by atoms with Crippen LogP contribution in [0.15, 0.2) is 57.7 Å². The van der Waals surface area contributed by atoms with Crippen LogP contribution in [0.25, 0.3) is 22.1 Å². The molecule has 0 saturated carbocycles. The summed E-state index contributed by atoms with van der Waals surface area (Å²) in [4.78, 5) is 22.4. The third-order valence-corrected chi connectivity index (χ3v) is 3.51. The molecule has 0 atom stereocenters. The summed E-state index contributed by atoms with van der Waals surface area (Å²) in [7, 11) is 3.25. The Morgan fingerprint density at radius 1 is 1.07 bits per heavy atom. The van der Waals surface area contributed by atoms with E-state index in [1.54, 1.807) is 26.4 Å². The third-order valence-electron chi connectivity index (χ3n) is 3.51. The summed E-state index contributed by atoms with van der Waals surface area (Å²) in [6.45, 7) is 1.52. The van der Waals surface area contributed by atoms with Gasteiger partial charge in [0.15, 0.2) is 6.61 Å². The number of ether oxygens (including phenoxy) is 2. The highest BCUT2D eigenvalue weighted by Gasteiger charge is 2.11. The van der Waals surface area contributed by atoms with E-state index in [-0.39, 0.29) is 7.43 Å². The molecule has 0 amide bonds. The Kier molecular flexibility index (Phi) is 8.23. The van der Waals surface area contributed by atoms with Gasteiger partial charge >= 0.3 is 11.6 Å². The van der Waals surface area contributed by atoms with Crippen molar-refractivity contribution in [1.29, 1.82) is 0 Å². The predicted octanol–water partition coefficient (Wildman–Crippen LogP) is 4.13. The smallest absolute Gasteiger partial charge is 0.341 e. The molecule has 0 bridgehead atoms. The number of carbonyl (C=O) groups is 1. The van der Waals surface area contributed by atoms with Crippen molar-refractivity contribution in [1.82, 2.24) is 0 Å². The summed E-state index contributed by atoms with van der Waals surface area (Å²) >= 11 is 0. The maximum absolute atomic E-state index is 11.9. The molecular weight excluding hydrogens is 348 g/mol. The molecule has 0 unspecified atom stereocenters. The monoisotopic (exact) mass is 372 g/mol. The molecule has 0 aliphatic carbocycles. The molecule has 6 heteroatoms. The second-order valence-electron chi connectivity index (χ2n) is 5.54. The number of aryl methyl sites for hydroxylation is 1. The first-order valence-electron chi connectivity index (χ1n) is 7.85. The minimum absolute atomic E-state index is 0. The number of carboxylic acid groups (broad SMARTS) is 1. The van der Waals surface area contributed by atoms with E-state index in [1.807, 2.05) is 31.2 Å². The zero-order valence-electron chi connectivity index (χ0n) is 14.8. The van der Waals surface area contributed by atoms with E-state index in [2.05, 4.69) is 4.74 Å². The highest BCUT2D eigenvalue weighted by molar-refractivity contribution is 5.94. The van der Waals surface area contributed by atoms with Gasteiger partial charge in [0.05, 0.1) is 0 Å². The van der Waals surface area contributed by atoms with Gasteiger partial charge in [-0.25, -0.2) is 9.59 Å². The molecule has 0 aliphatic rings. The molecule has 3 rings (SSSR count). The van der Waals surface area contributed by atoms with Crippen LogP contribution in [-0.2, 0) is 9.53 Å². The van der Waals surface area contributed by atoms with E-state index >= 15 is 0 Å². The Labute approximate surface area is 158 Å². The first-order valence-corrected chi connectivity index (χ1v) is 7.85. The minimum atomic E-state index is -1.07. The zero-order valence-corrected chi connectivity index (χ0v) is 14.8. The lowest BCUT2D eigenvalue weighted by molar-refractivity contribution is -0.139. The maximum atomic E-state index is 11.9. The van der Waals surface area contributed by atoms with Crippen molar-refractivity contribution in [2.75, 3.05) is 20.8 Å². The molecule has 144 valence electrons. The SMILES string of the molecule is C.COC.Cc1ccccc1-c1cc(=O)oc2cc(OCC(=O)O)ccc12. The van der Waals surface area contributed by atoms with Crippen molar-refractivity contribution in [2.24, 2.45) is 0 Å². The van der Waals surface area contributed by atoms with Crippen LogP contribution in [-0.4, -0.2) is 31.9 Å². The number of carboxylic acids is 1. The molecule has 0 fully saturated rings. The van der Waals surface area contributed by atoms with Crippen LogP contribution in [0, 0.1) is 6.92 Å². The Morgan fingerprint density at radius 3 is 2.37 bits per heavy atom. The molecule has 27 heavy (non-hydrogen) atoms. The van der Waals surface area contributed by atoms with Crippen LogP contribution in [0.5, 0.6) is 5.75 Å². The third kappa shape index (κ3) is 5.69. The summed E-state index contributed by atoms with van der Waals surface area (Å²) in [5.74, 6) is -0.731. The van der Waals surface area contributed by atoms with Gasteiger partial charge in [0, 0.05) is 37.3 Å². The first-order chi connectivity index (χ1) is 12.5. The summed E-state index contributed by atoms with van der Waals surface area (Å²) in [6, 6.07) is 14.2. The van der Waals surface area contributed by atoms with E-state index in [4.69, 9.17) is 14.3 Å². The minimum Gasteiger partial charge on any atom is -0.482 e. The van der Waals surface area contributed by atoms with E-state index in [0.717, 1.165) is 22.1 Å². The van der Waals surface area contributed by atoms with Gasteiger partial charge in [-0.2, -0.15) is 0 Å². The van der Waals surface area contributed by atoms with E-state index < -0.39 is 18.2 Å². The quantitative estimate of drug-likeness (QED) is 0.693. The van der Waals surface area contributed by atoms with Crippen LogP contribution in [0.3, 0.4) is 0 Å². The van der Waals surface area contributed by atoms with Crippen molar-refractivity contribution in [2.45, 2.75) is 14.4 Å². The molecule has 0 aliphatic heterocycles. The normalized spacial score (nSPS) is 9.74. The highest BCUT2D eigenvalue weighted by Crippen LogP contribution is 2.31. The van der Waals surface area contributed by atoms with E-state index in [9.17, 15) is 9.59 Å². The van der Waals surface area contributed by atoms with Crippen molar-refractivity contribution < 1.29 is 23.8 Å². The molecule has 0 spiro atoms. The summed E-state index contributed by atoms with van der Waals surface area (Å²) in [6.07, 6.45) is 0. The number of methoxy groups -OCH3 is 1. The van der Waals surface area contributed by atoms with Crippen LogP contribution in [0.2, 0.25) is 0 Å². The summed E-state index contributed by atoms with van der Waals surface area (Å²) in [5.41, 5.74) is 2.67. The molecule has 1 heterocycles. The molecule has 2 aromatic carbocycles. The van der Waals surface area contributed by atoms with Crippen molar-refractivity contribution in [3.8, 4) is 16.9 Å². The molecule has 1 N–H and O–H groups in total. The van der Waals surface area contributed by atoms with Gasteiger partial charge < -0.3 is 19.0 Å². The Hall–Kier alpha value is -3.12. The molecule has 3 aromatic rings. The highest BCUT2D eigenvalue weighted by atomic mass is 16.5. The molecule has 0 radical (unpaired) electrons. The van der Waals surface area contributed by atoms with Crippen molar-refractivity contribution in [3.63, 3.8) is 0 Å². The second-order valence-corrected chi connectivity index (χ2v) is 5.54. The van der Waals surface area contributed by atoms with Gasteiger partial charge in [0.2, 0.25) is 0 Å². The summed E-state index contributed by atoms with van der Waals surface area (Å²) < 4.78 is 14.6. The number of hydrogen-bond donors (Lipinski definition) is 1. The lowest BCUT2D eigenvalue weighted by atomic mass is 9.98. The van der Waals surface area contributed by atoms with Gasteiger partial charge in [-0.1, -0.05) is 31.7 Å². The van der Waals surface area contributed by atoms with E-state index in [0.29, 0.717) is 11.3 Å². The van der Waals surface area contributed by atoms with Gasteiger partial charge in [0.1, 0.15) is 11.3 Å². The maximum Gasteiger partial charge on any atom is 0.341 e. The van der Waals surface area contributed by atoms with Crippen LogP contribution in [0.1, 0.15) is 13.0 Å². The number of hydrogen-bond acceptors (Lipinski definition) is 5. The van der Waals surface area contributed by atoms with Crippen LogP contribution in [0.4, 0.5) is 0 Å². The Bertz CT molecular complexity index is 958. The standard InChI is InChI=1S/C18H14O5.C2H6O.CH4/c1-11-4-2-3-5-13(11)15-9-18(21)23-16-8-12(6-7-14(15)16)22-10-17(19)20;1-3-2;/h2-9H,10H2,1H3,(H,19,20);1-2H3;1H4. The fourth-order valence-corrected chi connectivity index (χ4v) is 2.48. The molecular formula is C21H24O6. The van der Waals surface area contributed by atoms with Crippen LogP contribution >= 0.6 is 0 Å². The van der Waals surface area contributed by atoms with Gasteiger partial charge in [-0.3, -0.25) is 0 Å². The molecule has 0 saturated heterocycles. The van der Waals surface area contributed by atoms with Gasteiger partial charge in [-0.05, 0) is 30.2 Å². The lowest BCUT2D eigenvalue weighted by Crippen LogP contribution is -2.09. The molecule has 1 aromatic heterocycles. The van der Waals surface area contributed by atoms with Crippen molar-refractivity contribution >= 4 is 16.9 Å². The topological polar surface area (TPSA) is 86.0 Å². The Balaban J connectivity index is 0.000000855. The van der Waals surface area contributed by atoms with Crippen molar-refractivity contribution in [3.05, 3.63) is 64.5 Å². The zero-order chi connectivity index (χ0) is 19.1. The van der Waals surface area contributed by atoms with Gasteiger partial charge in [0.25, 0.3) is 0 Å². The Morgan fingerprint density at radius 2 is 1.74 bits per heavy atom. The summed E-state index contributed by atoms with van der Waals surface area (Å²) in [5, 5.41) is 9.42. The predicted molar refractivity (Wildman–Crippen MR) is 105 cm³/mol. The fraction of sp³-hybridized carbons (Fsp3) is 0.238. The largest absolute Gasteiger partial charge is 0.482 e. The number of aliphatic carboxylic acids is 1.